The molecule has 1 atom stereocenters. The molecular weight excluding hydrogens is 425 g/mol. The van der Waals surface area contributed by atoms with Crippen LogP contribution in [-0.2, 0) is 9.59 Å². The van der Waals surface area contributed by atoms with Crippen molar-refractivity contribution in [3.8, 4) is 0 Å². The van der Waals surface area contributed by atoms with E-state index in [9.17, 15) is 14.4 Å². The van der Waals surface area contributed by atoms with Gasteiger partial charge >= 0.3 is 0 Å². The summed E-state index contributed by atoms with van der Waals surface area (Å²) in [7, 11) is 0. The number of carbonyl (C=O) groups excluding carboxylic acids is 3. The molecule has 3 amide bonds. The molecule has 3 N–H and O–H groups in total. The van der Waals surface area contributed by atoms with Crippen molar-refractivity contribution < 1.29 is 14.4 Å². The Bertz CT molecular complexity index is 957. The largest absolute Gasteiger partial charge is 0.340 e. The van der Waals surface area contributed by atoms with E-state index in [4.69, 9.17) is 23.2 Å². The normalized spacial score (nSPS) is 14.2. The van der Waals surface area contributed by atoms with E-state index in [0.717, 1.165) is 12.8 Å². The van der Waals surface area contributed by atoms with Gasteiger partial charge in [-0.15, -0.1) is 0 Å². The molecule has 6 nitrogen and oxygen atoms in total. The van der Waals surface area contributed by atoms with E-state index in [0.29, 0.717) is 16.4 Å². The van der Waals surface area contributed by atoms with Gasteiger partial charge in [0.05, 0.1) is 10.6 Å². The fourth-order valence-corrected chi connectivity index (χ4v) is 3.37. The van der Waals surface area contributed by atoms with Gasteiger partial charge in [-0.2, -0.15) is 0 Å². The Morgan fingerprint density at radius 3 is 2.07 bits per heavy atom. The summed E-state index contributed by atoms with van der Waals surface area (Å²) < 4.78 is 0. The Morgan fingerprint density at radius 1 is 0.933 bits per heavy atom. The van der Waals surface area contributed by atoms with E-state index < -0.39 is 11.9 Å². The molecule has 0 bridgehead atoms. The molecule has 2 aromatic carbocycles. The zero-order chi connectivity index (χ0) is 21.8. The number of rotatable bonds is 7. The molecule has 0 aromatic heterocycles. The van der Waals surface area contributed by atoms with Crippen LogP contribution in [0, 0.1) is 11.8 Å². The van der Waals surface area contributed by atoms with Crippen LogP contribution in [-0.4, -0.2) is 23.8 Å². The molecule has 2 aromatic rings. The lowest BCUT2D eigenvalue weighted by Crippen LogP contribution is -2.47. The SMILES string of the molecule is CC(C)C(NC(=O)c1ccc(Cl)cc1Cl)C(=O)Nc1ccc(NC(=O)C2CC2)cc1. The van der Waals surface area contributed by atoms with Crippen molar-refractivity contribution in [3.63, 3.8) is 0 Å². The van der Waals surface area contributed by atoms with E-state index in [2.05, 4.69) is 16.0 Å². The van der Waals surface area contributed by atoms with E-state index in [-0.39, 0.29) is 34.2 Å². The van der Waals surface area contributed by atoms with Crippen molar-refractivity contribution in [1.82, 2.24) is 5.32 Å². The molecule has 1 unspecified atom stereocenters. The van der Waals surface area contributed by atoms with Crippen LogP contribution in [0.5, 0.6) is 0 Å². The fourth-order valence-electron chi connectivity index (χ4n) is 2.87. The number of nitrogens with one attached hydrogen (secondary N) is 3. The summed E-state index contributed by atoms with van der Waals surface area (Å²) in [6.45, 7) is 3.68. The first-order valence-electron chi connectivity index (χ1n) is 9.72. The number of carbonyl (C=O) groups is 3. The first-order chi connectivity index (χ1) is 14.2. The Balaban J connectivity index is 1.63. The molecule has 1 saturated carbocycles. The first kappa shape index (κ1) is 22.1. The molecular formula is C22H23Cl2N3O3. The number of hydrogen-bond donors (Lipinski definition) is 3. The topological polar surface area (TPSA) is 87.3 Å². The third-order valence-corrected chi connectivity index (χ3v) is 5.33. The highest BCUT2D eigenvalue weighted by Gasteiger charge is 2.29. The monoisotopic (exact) mass is 447 g/mol. The summed E-state index contributed by atoms with van der Waals surface area (Å²) in [6.07, 6.45) is 1.87. The van der Waals surface area contributed by atoms with Gasteiger partial charge in [-0.25, -0.2) is 0 Å². The summed E-state index contributed by atoms with van der Waals surface area (Å²) in [5, 5.41) is 9.02. The van der Waals surface area contributed by atoms with Crippen molar-refractivity contribution in [1.29, 1.82) is 0 Å². The Labute approximate surface area is 185 Å². The van der Waals surface area contributed by atoms with E-state index in [1.165, 1.54) is 12.1 Å². The lowest BCUT2D eigenvalue weighted by atomic mass is 10.0. The summed E-state index contributed by atoms with van der Waals surface area (Å²) in [5.74, 6) is -0.817. The van der Waals surface area contributed by atoms with Gasteiger partial charge < -0.3 is 16.0 Å². The van der Waals surface area contributed by atoms with E-state index in [1.54, 1.807) is 30.3 Å². The average Bonchev–Trinajstić information content (AvgIpc) is 3.52. The first-order valence-corrected chi connectivity index (χ1v) is 10.5. The lowest BCUT2D eigenvalue weighted by molar-refractivity contribution is -0.119. The molecule has 0 radical (unpaired) electrons. The minimum absolute atomic E-state index is 0.0234. The average molecular weight is 448 g/mol. The number of hydrogen-bond acceptors (Lipinski definition) is 3. The highest BCUT2D eigenvalue weighted by Crippen LogP contribution is 2.30. The zero-order valence-corrected chi connectivity index (χ0v) is 18.2. The van der Waals surface area contributed by atoms with Crippen molar-refractivity contribution in [2.24, 2.45) is 11.8 Å². The van der Waals surface area contributed by atoms with Crippen LogP contribution in [0.25, 0.3) is 0 Å². The minimum atomic E-state index is -0.765. The number of benzene rings is 2. The van der Waals surface area contributed by atoms with Gasteiger partial charge in [0.25, 0.3) is 5.91 Å². The molecule has 1 aliphatic rings. The third-order valence-electron chi connectivity index (χ3n) is 4.78. The molecule has 30 heavy (non-hydrogen) atoms. The lowest BCUT2D eigenvalue weighted by Gasteiger charge is -2.22. The van der Waals surface area contributed by atoms with Gasteiger partial charge in [0.2, 0.25) is 11.8 Å². The second-order valence-corrected chi connectivity index (χ2v) is 8.49. The second-order valence-electron chi connectivity index (χ2n) is 7.65. The summed E-state index contributed by atoms with van der Waals surface area (Å²) >= 11 is 12.0. The molecule has 158 valence electrons. The van der Waals surface area contributed by atoms with Gasteiger partial charge in [0.15, 0.2) is 0 Å². The maximum absolute atomic E-state index is 12.8. The maximum Gasteiger partial charge on any atom is 0.253 e. The van der Waals surface area contributed by atoms with Crippen LogP contribution >= 0.6 is 23.2 Å². The van der Waals surface area contributed by atoms with Crippen LogP contribution < -0.4 is 16.0 Å². The van der Waals surface area contributed by atoms with E-state index in [1.807, 2.05) is 13.8 Å². The second kappa shape index (κ2) is 9.49. The molecule has 0 heterocycles. The van der Waals surface area contributed by atoms with Crippen LogP contribution in [0.4, 0.5) is 11.4 Å². The molecule has 1 aliphatic carbocycles. The molecule has 0 aliphatic heterocycles. The summed E-state index contributed by atoms with van der Waals surface area (Å²) in [5.41, 5.74) is 1.49. The minimum Gasteiger partial charge on any atom is -0.340 e. The molecule has 0 saturated heterocycles. The molecule has 3 rings (SSSR count). The van der Waals surface area contributed by atoms with Gasteiger partial charge in [-0.3, -0.25) is 14.4 Å². The van der Waals surface area contributed by atoms with Gasteiger partial charge in [0, 0.05) is 22.3 Å². The molecule has 8 heteroatoms. The standard InChI is InChI=1S/C22H23Cl2N3O3/c1-12(2)19(27-21(29)17-10-5-14(23)11-18(17)24)22(30)26-16-8-6-15(7-9-16)25-20(28)13-3-4-13/h5-13,19H,3-4H2,1-2H3,(H,25,28)(H,26,30)(H,27,29). The molecule has 0 spiro atoms. The quantitative estimate of drug-likeness (QED) is 0.572. The number of amides is 3. The fraction of sp³-hybridized carbons (Fsp3) is 0.318. The van der Waals surface area contributed by atoms with Crippen molar-refractivity contribution in [3.05, 3.63) is 58.1 Å². The predicted octanol–water partition coefficient (Wildman–Crippen LogP) is 4.74. The molecule has 1 fully saturated rings. The van der Waals surface area contributed by atoms with Gasteiger partial charge in [-0.1, -0.05) is 37.0 Å². The summed E-state index contributed by atoms with van der Waals surface area (Å²) in [4.78, 5) is 37.2. The summed E-state index contributed by atoms with van der Waals surface area (Å²) in [6, 6.07) is 10.7. The highest BCUT2D eigenvalue weighted by molar-refractivity contribution is 6.36. The number of halogens is 2. The van der Waals surface area contributed by atoms with E-state index >= 15 is 0 Å². The van der Waals surface area contributed by atoms with Crippen LogP contribution in [0.1, 0.15) is 37.0 Å². The van der Waals surface area contributed by atoms with Crippen LogP contribution in [0.3, 0.4) is 0 Å². The zero-order valence-electron chi connectivity index (χ0n) is 16.7. The van der Waals surface area contributed by atoms with Crippen LogP contribution in [0.15, 0.2) is 42.5 Å². The number of anilines is 2. The highest BCUT2D eigenvalue weighted by atomic mass is 35.5. The van der Waals surface area contributed by atoms with Gasteiger partial charge in [0.1, 0.15) is 6.04 Å². The Kier molecular flexibility index (Phi) is 7.00. The third kappa shape index (κ3) is 5.74. The van der Waals surface area contributed by atoms with Crippen LogP contribution in [0.2, 0.25) is 10.0 Å². The Morgan fingerprint density at radius 2 is 1.53 bits per heavy atom. The predicted molar refractivity (Wildman–Crippen MR) is 119 cm³/mol. The van der Waals surface area contributed by atoms with Crippen molar-refractivity contribution in [2.75, 3.05) is 10.6 Å². The van der Waals surface area contributed by atoms with Crippen molar-refractivity contribution in [2.45, 2.75) is 32.7 Å². The van der Waals surface area contributed by atoms with Gasteiger partial charge in [-0.05, 0) is 61.2 Å². The van der Waals surface area contributed by atoms with Crippen molar-refractivity contribution >= 4 is 52.3 Å². The maximum atomic E-state index is 12.8. The smallest absolute Gasteiger partial charge is 0.253 e. The Hall–Kier alpha value is -2.57.